The average molecular weight is 254 g/mol. The monoisotopic (exact) mass is 253 g/mol. The first-order valence-corrected chi connectivity index (χ1v) is 6.01. The Morgan fingerprint density at radius 2 is 2.12 bits per heavy atom. The molecule has 92 valence electrons. The molecule has 0 amide bonds. The van der Waals surface area contributed by atoms with Gasteiger partial charge in [0.1, 0.15) is 0 Å². The molecule has 0 heterocycles. The van der Waals surface area contributed by atoms with Gasteiger partial charge in [-0.25, -0.2) is 0 Å². The molecule has 17 heavy (non-hydrogen) atoms. The van der Waals surface area contributed by atoms with Gasteiger partial charge in [-0.3, -0.25) is 4.79 Å². The van der Waals surface area contributed by atoms with Crippen LogP contribution in [-0.4, -0.2) is 25.2 Å². The molecule has 0 spiro atoms. The van der Waals surface area contributed by atoms with Crippen molar-refractivity contribution in [2.24, 2.45) is 0 Å². The molecule has 1 N–H and O–H groups in total. The summed E-state index contributed by atoms with van der Waals surface area (Å²) in [7, 11) is 3.86. The van der Waals surface area contributed by atoms with Crippen LogP contribution >= 0.6 is 11.6 Å². The molecule has 1 aromatic carbocycles. The minimum atomic E-state index is -0.733. The first-order valence-electron chi connectivity index (χ1n) is 5.64. The second-order valence-corrected chi connectivity index (χ2v) is 5.32. The van der Waals surface area contributed by atoms with Gasteiger partial charge in [0.15, 0.2) is 0 Å². The highest BCUT2D eigenvalue weighted by atomic mass is 35.5. The maximum Gasteiger partial charge on any atom is 0.304 e. The van der Waals surface area contributed by atoms with Crippen molar-refractivity contribution in [2.45, 2.75) is 24.7 Å². The molecule has 1 fully saturated rings. The molecule has 0 atom stereocenters. The molecule has 0 saturated heterocycles. The molecule has 3 nitrogen and oxygen atoms in total. The normalized spacial score (nSPS) is 16.6. The average Bonchev–Trinajstić information content (AvgIpc) is 2.97. The number of benzene rings is 1. The van der Waals surface area contributed by atoms with Gasteiger partial charge in [-0.15, -0.1) is 0 Å². The van der Waals surface area contributed by atoms with E-state index in [4.69, 9.17) is 16.7 Å². The largest absolute Gasteiger partial charge is 0.481 e. The van der Waals surface area contributed by atoms with E-state index in [2.05, 4.69) is 0 Å². The summed E-state index contributed by atoms with van der Waals surface area (Å²) < 4.78 is 0. The van der Waals surface area contributed by atoms with E-state index in [-0.39, 0.29) is 11.8 Å². The Balaban J connectivity index is 2.34. The molecule has 4 heteroatoms. The van der Waals surface area contributed by atoms with E-state index in [1.807, 2.05) is 37.2 Å². The van der Waals surface area contributed by atoms with Crippen molar-refractivity contribution in [1.82, 2.24) is 0 Å². The number of carboxylic acids is 1. The summed E-state index contributed by atoms with van der Waals surface area (Å²) in [5, 5.41) is 9.65. The van der Waals surface area contributed by atoms with Gasteiger partial charge < -0.3 is 10.0 Å². The highest BCUT2D eigenvalue weighted by Crippen LogP contribution is 2.52. The molecule has 0 aromatic heterocycles. The Labute approximate surface area is 106 Å². The summed E-state index contributed by atoms with van der Waals surface area (Å²) >= 11 is 6.11. The number of nitrogens with zero attached hydrogens (tertiary/aromatic N) is 1. The zero-order valence-corrected chi connectivity index (χ0v) is 10.8. The Bertz CT molecular complexity index is 453. The topological polar surface area (TPSA) is 40.5 Å². The SMILES string of the molecule is CN(C)c1cc(C2(CC(=O)O)CC2)ccc1Cl. The summed E-state index contributed by atoms with van der Waals surface area (Å²) in [4.78, 5) is 12.8. The van der Waals surface area contributed by atoms with Gasteiger partial charge in [0.2, 0.25) is 0 Å². The fourth-order valence-corrected chi connectivity index (χ4v) is 2.48. The summed E-state index contributed by atoms with van der Waals surface area (Å²) in [5.74, 6) is -0.733. The number of hydrogen-bond donors (Lipinski definition) is 1. The van der Waals surface area contributed by atoms with Gasteiger partial charge in [0.25, 0.3) is 0 Å². The van der Waals surface area contributed by atoms with Crippen molar-refractivity contribution in [3.8, 4) is 0 Å². The first kappa shape index (κ1) is 12.2. The van der Waals surface area contributed by atoms with Crippen molar-refractivity contribution in [2.75, 3.05) is 19.0 Å². The van der Waals surface area contributed by atoms with Crippen LogP contribution in [0.15, 0.2) is 18.2 Å². The third-order valence-corrected chi connectivity index (χ3v) is 3.70. The maximum atomic E-state index is 10.9. The molecule has 1 aliphatic rings. The molecular formula is C13H16ClNO2. The van der Waals surface area contributed by atoms with Crippen LogP contribution in [0.4, 0.5) is 5.69 Å². The van der Waals surface area contributed by atoms with Gasteiger partial charge in [0.05, 0.1) is 17.1 Å². The number of aliphatic carboxylic acids is 1. The van der Waals surface area contributed by atoms with E-state index >= 15 is 0 Å². The van der Waals surface area contributed by atoms with Crippen LogP contribution in [0.3, 0.4) is 0 Å². The number of carboxylic acid groups (broad SMARTS) is 1. The maximum absolute atomic E-state index is 10.9. The van der Waals surface area contributed by atoms with Crippen molar-refractivity contribution in [1.29, 1.82) is 0 Å². The van der Waals surface area contributed by atoms with Gasteiger partial charge >= 0.3 is 5.97 Å². The smallest absolute Gasteiger partial charge is 0.304 e. The molecule has 0 unspecified atom stereocenters. The second-order valence-electron chi connectivity index (χ2n) is 4.91. The van der Waals surface area contributed by atoms with Gasteiger partial charge in [-0.05, 0) is 30.5 Å². The minimum absolute atomic E-state index is 0.152. The number of hydrogen-bond acceptors (Lipinski definition) is 2. The van der Waals surface area contributed by atoms with Gasteiger partial charge in [0, 0.05) is 19.5 Å². The van der Waals surface area contributed by atoms with Crippen molar-refractivity contribution in [3.05, 3.63) is 28.8 Å². The Kier molecular flexibility index (Phi) is 3.04. The second kappa shape index (κ2) is 4.22. The molecule has 1 saturated carbocycles. The van der Waals surface area contributed by atoms with E-state index in [1.165, 1.54) is 0 Å². The summed E-state index contributed by atoms with van der Waals surface area (Å²) in [6.07, 6.45) is 2.11. The quantitative estimate of drug-likeness (QED) is 0.897. The summed E-state index contributed by atoms with van der Waals surface area (Å²) in [6.45, 7) is 0. The van der Waals surface area contributed by atoms with Crippen LogP contribution in [0, 0.1) is 0 Å². The summed E-state index contributed by atoms with van der Waals surface area (Å²) in [6, 6.07) is 5.82. The lowest BCUT2D eigenvalue weighted by Gasteiger charge is -2.19. The van der Waals surface area contributed by atoms with Crippen molar-refractivity contribution >= 4 is 23.3 Å². The fraction of sp³-hybridized carbons (Fsp3) is 0.462. The van der Waals surface area contributed by atoms with Crippen molar-refractivity contribution in [3.63, 3.8) is 0 Å². The standard InChI is InChI=1S/C13H16ClNO2/c1-15(2)11-7-9(3-4-10(11)14)13(5-6-13)8-12(16)17/h3-4,7H,5-6,8H2,1-2H3,(H,16,17). The van der Waals surface area contributed by atoms with Crippen LogP contribution in [0.5, 0.6) is 0 Å². The van der Waals surface area contributed by atoms with Crippen LogP contribution < -0.4 is 4.90 Å². The van der Waals surface area contributed by atoms with Gasteiger partial charge in [-0.1, -0.05) is 17.7 Å². The Morgan fingerprint density at radius 3 is 2.59 bits per heavy atom. The van der Waals surface area contributed by atoms with E-state index in [1.54, 1.807) is 0 Å². The van der Waals surface area contributed by atoms with E-state index < -0.39 is 5.97 Å². The predicted octanol–water partition coefficient (Wildman–Crippen LogP) is 2.91. The van der Waals surface area contributed by atoms with E-state index in [0.29, 0.717) is 5.02 Å². The summed E-state index contributed by atoms with van der Waals surface area (Å²) in [5.41, 5.74) is 1.88. The number of rotatable bonds is 4. The molecule has 1 aromatic rings. The zero-order valence-electron chi connectivity index (χ0n) is 10.0. The van der Waals surface area contributed by atoms with Crippen LogP contribution in [0.1, 0.15) is 24.8 Å². The van der Waals surface area contributed by atoms with Crippen LogP contribution in [0.25, 0.3) is 0 Å². The molecule has 0 aliphatic heterocycles. The molecule has 0 radical (unpaired) electrons. The van der Waals surface area contributed by atoms with Gasteiger partial charge in [-0.2, -0.15) is 0 Å². The highest BCUT2D eigenvalue weighted by molar-refractivity contribution is 6.33. The molecule has 1 aliphatic carbocycles. The Hall–Kier alpha value is -1.22. The number of carbonyl (C=O) groups is 1. The van der Waals surface area contributed by atoms with E-state index in [0.717, 1.165) is 24.1 Å². The van der Waals surface area contributed by atoms with E-state index in [9.17, 15) is 4.79 Å². The third kappa shape index (κ3) is 2.39. The first-order chi connectivity index (χ1) is 7.94. The number of halogens is 1. The Morgan fingerprint density at radius 1 is 1.47 bits per heavy atom. The number of anilines is 1. The van der Waals surface area contributed by atoms with Crippen LogP contribution in [0.2, 0.25) is 5.02 Å². The zero-order chi connectivity index (χ0) is 12.6. The lowest BCUT2D eigenvalue weighted by atomic mass is 9.92. The lowest BCUT2D eigenvalue weighted by molar-refractivity contribution is -0.137. The lowest BCUT2D eigenvalue weighted by Crippen LogP contribution is -2.15. The minimum Gasteiger partial charge on any atom is -0.481 e. The molecular weight excluding hydrogens is 238 g/mol. The fourth-order valence-electron chi connectivity index (χ4n) is 2.19. The molecule has 0 bridgehead atoms. The highest BCUT2D eigenvalue weighted by Gasteiger charge is 2.46. The predicted molar refractivity (Wildman–Crippen MR) is 68.9 cm³/mol. The van der Waals surface area contributed by atoms with Crippen LogP contribution in [-0.2, 0) is 10.2 Å². The third-order valence-electron chi connectivity index (χ3n) is 3.38. The van der Waals surface area contributed by atoms with Crippen molar-refractivity contribution < 1.29 is 9.90 Å². The molecule has 2 rings (SSSR count).